The number of ether oxygens (including phenoxy) is 1. The second kappa shape index (κ2) is 7.84. The summed E-state index contributed by atoms with van der Waals surface area (Å²) in [7, 11) is 0. The van der Waals surface area contributed by atoms with Gasteiger partial charge in [0.2, 0.25) is 0 Å². The van der Waals surface area contributed by atoms with Crippen LogP contribution >= 0.6 is 0 Å². The molecule has 0 saturated heterocycles. The van der Waals surface area contributed by atoms with Crippen LogP contribution in [0.2, 0.25) is 0 Å². The highest BCUT2D eigenvalue weighted by atomic mass is 19.1. The van der Waals surface area contributed by atoms with Crippen LogP contribution in [0.4, 0.5) is 9.18 Å². The van der Waals surface area contributed by atoms with E-state index in [0.717, 1.165) is 11.1 Å². The Bertz CT molecular complexity index is 832. The highest BCUT2D eigenvalue weighted by molar-refractivity contribution is 5.71. The maximum absolute atomic E-state index is 13.1. The van der Waals surface area contributed by atoms with Gasteiger partial charge in [0.15, 0.2) is 0 Å². The molecule has 3 rings (SSSR count). The molecule has 2 aromatic carbocycles. The molecule has 1 aliphatic carbocycles. The zero-order valence-corrected chi connectivity index (χ0v) is 14.1. The van der Waals surface area contributed by atoms with Gasteiger partial charge in [-0.2, -0.15) is 0 Å². The Labute approximate surface area is 151 Å². The minimum absolute atomic E-state index is 0.144. The molecule has 1 aliphatic rings. The van der Waals surface area contributed by atoms with Gasteiger partial charge in [0, 0.05) is 11.4 Å². The van der Waals surface area contributed by atoms with Gasteiger partial charge >= 0.3 is 6.09 Å². The van der Waals surface area contributed by atoms with Crippen molar-refractivity contribution in [3.05, 3.63) is 95.1 Å². The summed E-state index contributed by atoms with van der Waals surface area (Å²) < 4.78 is 18.6. The van der Waals surface area contributed by atoms with Crippen LogP contribution in [0.5, 0.6) is 0 Å². The minimum Gasteiger partial charge on any atom is -0.444 e. The highest BCUT2D eigenvalue weighted by Gasteiger charge is 2.28. The van der Waals surface area contributed by atoms with Gasteiger partial charge < -0.3 is 16.2 Å². The second-order valence-electron chi connectivity index (χ2n) is 5.99. The quantitative estimate of drug-likeness (QED) is 0.866. The molecular weight excluding hydrogens is 333 g/mol. The Kier molecular flexibility index (Phi) is 5.34. The summed E-state index contributed by atoms with van der Waals surface area (Å²) in [4.78, 5) is 14.1. The number of hydrogen-bond donors (Lipinski definition) is 2. The number of rotatable bonds is 5. The Hall–Kier alpha value is -3.12. The van der Waals surface area contributed by atoms with Gasteiger partial charge in [0.25, 0.3) is 0 Å². The van der Waals surface area contributed by atoms with E-state index in [2.05, 4.69) is 0 Å². The maximum Gasteiger partial charge on any atom is 0.414 e. The first-order valence-corrected chi connectivity index (χ1v) is 8.20. The number of benzene rings is 2. The molecule has 0 spiro atoms. The molecule has 26 heavy (non-hydrogen) atoms. The monoisotopic (exact) mass is 353 g/mol. The summed E-state index contributed by atoms with van der Waals surface area (Å²) >= 11 is 0. The van der Waals surface area contributed by atoms with E-state index in [1.807, 2.05) is 30.3 Å². The zero-order valence-electron chi connectivity index (χ0n) is 14.1. The summed E-state index contributed by atoms with van der Waals surface area (Å²) in [5, 5.41) is 0. The van der Waals surface area contributed by atoms with Crippen LogP contribution in [-0.4, -0.2) is 17.0 Å². The van der Waals surface area contributed by atoms with E-state index in [9.17, 15) is 9.18 Å². The molecule has 2 aromatic rings. The van der Waals surface area contributed by atoms with Crippen molar-refractivity contribution in [3.63, 3.8) is 0 Å². The Morgan fingerprint density at radius 1 is 1.04 bits per heavy atom. The van der Waals surface area contributed by atoms with Gasteiger partial charge in [-0.15, -0.1) is 0 Å². The van der Waals surface area contributed by atoms with Crippen molar-refractivity contribution < 1.29 is 13.9 Å². The molecule has 1 unspecified atom stereocenters. The molecule has 0 heterocycles. The average molecular weight is 353 g/mol. The first-order chi connectivity index (χ1) is 12.5. The number of amides is 1. The first-order valence-electron chi connectivity index (χ1n) is 8.20. The second-order valence-corrected chi connectivity index (χ2v) is 5.99. The van der Waals surface area contributed by atoms with Crippen LogP contribution < -0.4 is 11.5 Å². The van der Waals surface area contributed by atoms with Gasteiger partial charge in [-0.25, -0.2) is 9.18 Å². The maximum atomic E-state index is 13.1. The number of hydrogen-bond acceptors (Lipinski definition) is 4. The molecule has 5 nitrogen and oxygen atoms in total. The third kappa shape index (κ3) is 4.10. The molecular formula is C20H20FN3O2. The van der Waals surface area contributed by atoms with Gasteiger partial charge in [0.1, 0.15) is 12.4 Å². The van der Waals surface area contributed by atoms with Gasteiger partial charge in [-0.3, -0.25) is 4.90 Å². The van der Waals surface area contributed by atoms with Crippen molar-refractivity contribution in [1.82, 2.24) is 4.90 Å². The lowest BCUT2D eigenvalue weighted by Gasteiger charge is -2.26. The van der Waals surface area contributed by atoms with Gasteiger partial charge in [-0.05, 0) is 35.4 Å². The summed E-state index contributed by atoms with van der Waals surface area (Å²) in [5.41, 5.74) is 14.6. The molecule has 0 radical (unpaired) electrons. The van der Waals surface area contributed by atoms with E-state index in [4.69, 9.17) is 16.2 Å². The molecule has 0 bridgehead atoms. The third-order valence-corrected chi connectivity index (χ3v) is 4.12. The van der Waals surface area contributed by atoms with Gasteiger partial charge in [-0.1, -0.05) is 42.5 Å². The molecule has 0 aliphatic heterocycles. The fourth-order valence-electron chi connectivity index (χ4n) is 2.65. The molecule has 1 atom stereocenters. The number of halogens is 1. The van der Waals surface area contributed by atoms with Crippen molar-refractivity contribution in [1.29, 1.82) is 0 Å². The van der Waals surface area contributed by atoms with Crippen molar-refractivity contribution in [2.75, 3.05) is 0 Å². The smallest absolute Gasteiger partial charge is 0.414 e. The van der Waals surface area contributed by atoms with E-state index in [1.54, 1.807) is 24.3 Å². The Morgan fingerprint density at radius 2 is 1.73 bits per heavy atom. The van der Waals surface area contributed by atoms with E-state index >= 15 is 0 Å². The largest absolute Gasteiger partial charge is 0.444 e. The number of carbonyl (C=O) groups excluding carboxylic acids is 1. The minimum atomic E-state index is -0.584. The van der Waals surface area contributed by atoms with Crippen LogP contribution in [0.1, 0.15) is 11.1 Å². The lowest BCUT2D eigenvalue weighted by atomic mass is 10.1. The molecule has 1 amide bonds. The summed E-state index contributed by atoms with van der Waals surface area (Å²) in [6, 6.07) is 14.7. The lowest BCUT2D eigenvalue weighted by molar-refractivity contribution is 0.103. The van der Waals surface area contributed by atoms with Crippen LogP contribution in [0.25, 0.3) is 0 Å². The molecule has 0 aromatic heterocycles. The predicted molar refractivity (Wildman–Crippen MR) is 96.9 cm³/mol. The highest BCUT2D eigenvalue weighted by Crippen LogP contribution is 2.22. The molecule has 134 valence electrons. The Morgan fingerprint density at radius 3 is 2.35 bits per heavy atom. The van der Waals surface area contributed by atoms with E-state index in [0.29, 0.717) is 11.4 Å². The first kappa shape index (κ1) is 17.7. The van der Waals surface area contributed by atoms with Crippen molar-refractivity contribution in [2.24, 2.45) is 11.5 Å². The molecule has 4 N–H and O–H groups in total. The average Bonchev–Trinajstić information content (AvgIpc) is 2.99. The summed E-state index contributed by atoms with van der Waals surface area (Å²) in [5.74, 6) is -0.338. The van der Waals surface area contributed by atoms with E-state index in [1.165, 1.54) is 17.0 Å². The van der Waals surface area contributed by atoms with E-state index < -0.39 is 12.1 Å². The lowest BCUT2D eigenvalue weighted by Crippen LogP contribution is -2.39. The van der Waals surface area contributed by atoms with Crippen LogP contribution in [0.15, 0.2) is 78.1 Å². The normalized spacial score (nSPS) is 16.0. The van der Waals surface area contributed by atoms with E-state index in [-0.39, 0.29) is 19.0 Å². The fourth-order valence-corrected chi connectivity index (χ4v) is 2.65. The molecule has 0 saturated carbocycles. The summed E-state index contributed by atoms with van der Waals surface area (Å²) in [6.45, 7) is 0.347. The third-order valence-electron chi connectivity index (χ3n) is 4.12. The van der Waals surface area contributed by atoms with Crippen LogP contribution in [0.3, 0.4) is 0 Å². The van der Waals surface area contributed by atoms with Crippen molar-refractivity contribution in [3.8, 4) is 0 Å². The number of nitrogens with zero attached hydrogens (tertiary/aromatic N) is 1. The topological polar surface area (TPSA) is 81.6 Å². The fraction of sp³-hybridized carbons (Fsp3) is 0.150. The number of carbonyl (C=O) groups is 1. The standard InChI is InChI=1S/C20H20FN3O2/c21-16-8-6-14(7-9-16)12-24(18-11-10-17(22)19(18)23)20(25)26-13-15-4-2-1-3-5-15/h1-11,19H,12-13,22-23H2. The zero-order chi connectivity index (χ0) is 18.5. The number of nitrogens with two attached hydrogens (primary N) is 2. The van der Waals surface area contributed by atoms with Crippen molar-refractivity contribution >= 4 is 6.09 Å². The van der Waals surface area contributed by atoms with Gasteiger partial charge in [0.05, 0.1) is 12.6 Å². The predicted octanol–water partition coefficient (Wildman–Crippen LogP) is 3.03. The molecule has 6 heteroatoms. The Balaban J connectivity index is 1.76. The van der Waals surface area contributed by atoms with Crippen LogP contribution in [-0.2, 0) is 17.9 Å². The summed E-state index contributed by atoms with van der Waals surface area (Å²) in [6.07, 6.45) is 2.83. The number of allylic oxidation sites excluding steroid dienone is 2. The van der Waals surface area contributed by atoms with Crippen LogP contribution in [0, 0.1) is 5.82 Å². The molecule has 0 fully saturated rings. The van der Waals surface area contributed by atoms with Crippen molar-refractivity contribution in [2.45, 2.75) is 19.2 Å². The SMILES string of the molecule is NC1=CC=C(N(Cc2ccc(F)cc2)C(=O)OCc2ccccc2)C1N.